The van der Waals surface area contributed by atoms with Gasteiger partial charge in [-0.15, -0.1) is 0 Å². The molecule has 0 spiro atoms. The summed E-state index contributed by atoms with van der Waals surface area (Å²) in [7, 11) is 1.51. The number of anilines is 1. The molecule has 0 saturated carbocycles. The second kappa shape index (κ2) is 8.57. The predicted molar refractivity (Wildman–Crippen MR) is 75.8 cm³/mol. The first-order valence-electron chi connectivity index (χ1n) is 6.42. The van der Waals surface area contributed by atoms with Crippen molar-refractivity contribution in [2.24, 2.45) is 0 Å². The fraction of sp³-hybridized carbons (Fsp3) is 0.357. The van der Waals surface area contributed by atoms with Gasteiger partial charge in [0.2, 0.25) is 0 Å². The van der Waals surface area contributed by atoms with Crippen LogP contribution in [0.4, 0.5) is 5.69 Å². The summed E-state index contributed by atoms with van der Waals surface area (Å²) in [6.07, 6.45) is 4.28. The van der Waals surface area contributed by atoms with Crippen molar-refractivity contribution in [1.82, 2.24) is 4.98 Å². The van der Waals surface area contributed by atoms with Gasteiger partial charge in [0.25, 0.3) is 0 Å². The minimum Gasteiger partial charge on any atom is -0.495 e. The standard InChI is InChI=1S/C14H18N2O5/c1-4-20-13(17)12(14(18)21-5-2)9-16-10-6-11(19-3)8-15-7-10/h6-9,16H,4-5H2,1-3H3. The lowest BCUT2D eigenvalue weighted by molar-refractivity contribution is -0.146. The number of rotatable bonds is 7. The number of ether oxygens (including phenoxy) is 3. The smallest absolute Gasteiger partial charge is 0.347 e. The third-order valence-corrected chi connectivity index (χ3v) is 2.32. The van der Waals surface area contributed by atoms with Gasteiger partial charge in [0.1, 0.15) is 5.75 Å². The lowest BCUT2D eigenvalue weighted by Gasteiger charge is -2.08. The molecule has 1 rings (SSSR count). The van der Waals surface area contributed by atoms with Crippen LogP contribution < -0.4 is 10.1 Å². The highest BCUT2D eigenvalue weighted by molar-refractivity contribution is 6.14. The zero-order valence-electron chi connectivity index (χ0n) is 12.2. The van der Waals surface area contributed by atoms with E-state index in [9.17, 15) is 9.59 Å². The number of hydrogen-bond acceptors (Lipinski definition) is 7. The molecule has 0 aromatic carbocycles. The number of nitrogens with zero attached hydrogens (tertiary/aromatic N) is 1. The van der Waals surface area contributed by atoms with Gasteiger partial charge in [0, 0.05) is 12.3 Å². The molecule has 0 saturated heterocycles. The number of pyridine rings is 1. The highest BCUT2D eigenvalue weighted by atomic mass is 16.6. The molecule has 0 radical (unpaired) electrons. The molecule has 0 unspecified atom stereocenters. The number of aromatic nitrogens is 1. The third-order valence-electron chi connectivity index (χ3n) is 2.32. The average molecular weight is 294 g/mol. The topological polar surface area (TPSA) is 86.8 Å². The Balaban J connectivity index is 2.90. The van der Waals surface area contributed by atoms with E-state index < -0.39 is 11.9 Å². The van der Waals surface area contributed by atoms with Crippen molar-refractivity contribution in [3.8, 4) is 5.75 Å². The van der Waals surface area contributed by atoms with Crippen LogP contribution in [-0.2, 0) is 19.1 Å². The molecule has 7 nitrogen and oxygen atoms in total. The van der Waals surface area contributed by atoms with Crippen molar-refractivity contribution in [1.29, 1.82) is 0 Å². The first kappa shape index (κ1) is 16.5. The Morgan fingerprint density at radius 1 is 1.19 bits per heavy atom. The van der Waals surface area contributed by atoms with Crippen molar-refractivity contribution in [2.45, 2.75) is 13.8 Å². The molecule has 21 heavy (non-hydrogen) atoms. The number of nitrogens with one attached hydrogen (secondary N) is 1. The summed E-state index contributed by atoms with van der Waals surface area (Å²) in [5.41, 5.74) is 0.335. The Labute approximate surface area is 122 Å². The molecule has 0 bridgehead atoms. The van der Waals surface area contributed by atoms with Crippen LogP contribution in [0.5, 0.6) is 5.75 Å². The second-order valence-electron chi connectivity index (χ2n) is 3.76. The summed E-state index contributed by atoms with van der Waals surface area (Å²) < 4.78 is 14.7. The second-order valence-corrected chi connectivity index (χ2v) is 3.76. The zero-order chi connectivity index (χ0) is 15.7. The maximum Gasteiger partial charge on any atom is 0.347 e. The van der Waals surface area contributed by atoms with Gasteiger partial charge < -0.3 is 19.5 Å². The molecular weight excluding hydrogens is 276 g/mol. The molecule has 0 aliphatic carbocycles. The molecule has 7 heteroatoms. The summed E-state index contributed by atoms with van der Waals surface area (Å²) in [5, 5.41) is 2.79. The number of methoxy groups -OCH3 is 1. The van der Waals surface area contributed by atoms with Crippen LogP contribution in [0, 0.1) is 0 Å². The highest BCUT2D eigenvalue weighted by Gasteiger charge is 2.20. The van der Waals surface area contributed by atoms with Gasteiger partial charge in [-0.3, -0.25) is 4.98 Å². The summed E-state index contributed by atoms with van der Waals surface area (Å²) in [6, 6.07) is 1.66. The van der Waals surface area contributed by atoms with Gasteiger partial charge in [-0.1, -0.05) is 0 Å². The molecule has 114 valence electrons. The Morgan fingerprint density at radius 3 is 2.33 bits per heavy atom. The minimum absolute atomic E-state index is 0.163. The normalized spacial score (nSPS) is 9.48. The van der Waals surface area contributed by atoms with E-state index in [1.54, 1.807) is 19.9 Å². The van der Waals surface area contributed by atoms with Crippen molar-refractivity contribution < 1.29 is 23.8 Å². The molecule has 0 aliphatic rings. The maximum atomic E-state index is 11.7. The van der Waals surface area contributed by atoms with Crippen LogP contribution in [-0.4, -0.2) is 37.2 Å². The van der Waals surface area contributed by atoms with Gasteiger partial charge in [0.05, 0.1) is 38.4 Å². The van der Waals surface area contributed by atoms with Crippen LogP contribution >= 0.6 is 0 Å². The van der Waals surface area contributed by atoms with Crippen molar-refractivity contribution in [3.63, 3.8) is 0 Å². The first-order valence-corrected chi connectivity index (χ1v) is 6.42. The van der Waals surface area contributed by atoms with Crippen molar-refractivity contribution >= 4 is 17.6 Å². The van der Waals surface area contributed by atoms with Gasteiger partial charge in [0.15, 0.2) is 5.57 Å². The molecule has 0 fully saturated rings. The third kappa shape index (κ3) is 5.13. The van der Waals surface area contributed by atoms with E-state index >= 15 is 0 Å². The number of esters is 2. The lowest BCUT2D eigenvalue weighted by atomic mass is 10.3. The summed E-state index contributed by atoms with van der Waals surface area (Å²) in [4.78, 5) is 27.4. The summed E-state index contributed by atoms with van der Waals surface area (Å²) in [5.74, 6) is -0.958. The Hall–Kier alpha value is -2.57. The van der Waals surface area contributed by atoms with Gasteiger partial charge in [-0.05, 0) is 13.8 Å². The van der Waals surface area contributed by atoms with Crippen molar-refractivity contribution in [3.05, 3.63) is 30.2 Å². The largest absolute Gasteiger partial charge is 0.495 e. The summed E-state index contributed by atoms with van der Waals surface area (Å²) >= 11 is 0. The summed E-state index contributed by atoms with van der Waals surface area (Å²) in [6.45, 7) is 3.63. The first-order chi connectivity index (χ1) is 10.1. The fourth-order valence-electron chi connectivity index (χ4n) is 1.38. The van der Waals surface area contributed by atoms with Crippen LogP contribution in [0.25, 0.3) is 0 Å². The highest BCUT2D eigenvalue weighted by Crippen LogP contribution is 2.15. The number of hydrogen-bond donors (Lipinski definition) is 1. The van der Waals surface area contributed by atoms with Crippen LogP contribution in [0.15, 0.2) is 30.2 Å². The monoisotopic (exact) mass is 294 g/mol. The zero-order valence-corrected chi connectivity index (χ0v) is 12.2. The quantitative estimate of drug-likeness (QED) is 0.353. The van der Waals surface area contributed by atoms with Gasteiger partial charge >= 0.3 is 11.9 Å². The SMILES string of the molecule is CCOC(=O)C(=CNc1cncc(OC)c1)C(=O)OCC. The minimum atomic E-state index is -0.751. The van der Waals surface area contributed by atoms with Gasteiger partial charge in [-0.25, -0.2) is 9.59 Å². The van der Waals surface area contributed by atoms with E-state index in [4.69, 9.17) is 14.2 Å². The molecular formula is C14H18N2O5. The van der Waals surface area contributed by atoms with Gasteiger partial charge in [-0.2, -0.15) is 0 Å². The molecule has 1 N–H and O–H groups in total. The van der Waals surface area contributed by atoms with E-state index in [0.717, 1.165) is 0 Å². The van der Waals surface area contributed by atoms with E-state index in [0.29, 0.717) is 11.4 Å². The maximum absolute atomic E-state index is 11.7. The Bertz CT molecular complexity index is 508. The average Bonchev–Trinajstić information content (AvgIpc) is 2.48. The predicted octanol–water partition coefficient (Wildman–Crippen LogP) is 1.51. The molecule has 0 aliphatic heterocycles. The van der Waals surface area contributed by atoms with Crippen LogP contribution in [0.1, 0.15) is 13.8 Å². The molecule has 1 aromatic rings. The molecule has 0 amide bonds. The molecule has 0 atom stereocenters. The van der Waals surface area contributed by atoms with E-state index in [-0.39, 0.29) is 18.8 Å². The fourth-order valence-corrected chi connectivity index (χ4v) is 1.38. The number of carbonyl (C=O) groups excluding carboxylic acids is 2. The van der Waals surface area contributed by atoms with E-state index in [1.165, 1.54) is 25.7 Å². The van der Waals surface area contributed by atoms with E-state index in [1.807, 2.05) is 0 Å². The van der Waals surface area contributed by atoms with Crippen molar-refractivity contribution in [2.75, 3.05) is 25.6 Å². The lowest BCUT2D eigenvalue weighted by Crippen LogP contribution is -2.19. The molecule has 1 aromatic heterocycles. The van der Waals surface area contributed by atoms with Crippen LogP contribution in [0.3, 0.4) is 0 Å². The van der Waals surface area contributed by atoms with Crippen LogP contribution in [0.2, 0.25) is 0 Å². The Morgan fingerprint density at radius 2 is 1.81 bits per heavy atom. The number of carbonyl (C=O) groups is 2. The van der Waals surface area contributed by atoms with E-state index in [2.05, 4.69) is 10.3 Å². The molecule has 1 heterocycles. The Kier molecular flexibility index (Phi) is 6.73.